The highest BCUT2D eigenvalue weighted by molar-refractivity contribution is 7.16. The van der Waals surface area contributed by atoms with Gasteiger partial charge in [-0.25, -0.2) is 4.85 Å². The summed E-state index contributed by atoms with van der Waals surface area (Å²) in [7, 11) is 0. The molecule has 5 heteroatoms. The lowest BCUT2D eigenvalue weighted by Gasteiger charge is -2.00. The van der Waals surface area contributed by atoms with Gasteiger partial charge < -0.3 is 5.11 Å². The van der Waals surface area contributed by atoms with Crippen molar-refractivity contribution in [3.63, 3.8) is 0 Å². The van der Waals surface area contributed by atoms with Crippen LogP contribution in [0.15, 0.2) is 23.2 Å². The summed E-state index contributed by atoms with van der Waals surface area (Å²) in [4.78, 5) is 17.4. The molecule has 0 unspecified atom stereocenters. The van der Waals surface area contributed by atoms with E-state index in [4.69, 9.17) is 11.7 Å². The molecule has 0 bridgehead atoms. The van der Waals surface area contributed by atoms with E-state index in [1.54, 1.807) is 11.3 Å². The first-order valence-corrected chi connectivity index (χ1v) is 6.87. The Bertz CT molecular complexity index is 743. The Morgan fingerprint density at radius 3 is 2.83 bits per heavy atom. The number of hydrogen-bond donors (Lipinski definition) is 1. The topological polar surface area (TPSA) is 41.7 Å². The van der Waals surface area contributed by atoms with Gasteiger partial charge in [-0.15, -0.1) is 22.7 Å². The Morgan fingerprint density at radius 2 is 2.17 bits per heavy atom. The van der Waals surface area contributed by atoms with Crippen LogP contribution < -0.4 is 0 Å². The molecule has 0 saturated carbocycles. The third-order valence-corrected chi connectivity index (χ3v) is 4.82. The van der Waals surface area contributed by atoms with Gasteiger partial charge in [0, 0.05) is 31.3 Å². The van der Waals surface area contributed by atoms with Gasteiger partial charge >= 0.3 is 5.97 Å². The second kappa shape index (κ2) is 3.80. The largest absolute Gasteiger partial charge is 0.486 e. The van der Waals surface area contributed by atoms with E-state index in [2.05, 4.69) is 10.9 Å². The molecule has 0 aliphatic heterocycles. The van der Waals surface area contributed by atoms with Gasteiger partial charge in [0.2, 0.25) is 0 Å². The number of carboxylic acid groups (broad SMARTS) is 1. The molecule has 1 aliphatic rings. The van der Waals surface area contributed by atoms with E-state index in [1.807, 2.05) is 18.4 Å². The molecular weight excluding hydrogens is 266 g/mol. The maximum Gasteiger partial charge on any atom is 0.334 e. The lowest BCUT2D eigenvalue weighted by atomic mass is 10.2. The number of fused-ring (bicyclic) bond motifs is 3. The van der Waals surface area contributed by atoms with Crippen molar-refractivity contribution >= 4 is 34.2 Å². The van der Waals surface area contributed by atoms with Crippen molar-refractivity contribution in [1.82, 2.24) is 0 Å². The molecule has 88 valence electrons. The Balaban J connectivity index is 2.42. The molecule has 0 saturated heterocycles. The van der Waals surface area contributed by atoms with Crippen molar-refractivity contribution in [2.75, 3.05) is 0 Å². The fraction of sp³-hybridized carbons (Fsp3) is 0.0769. The lowest BCUT2D eigenvalue weighted by Crippen LogP contribution is -1.99. The first-order chi connectivity index (χ1) is 8.63. The summed E-state index contributed by atoms with van der Waals surface area (Å²) < 4.78 is 0. The van der Waals surface area contributed by atoms with Crippen LogP contribution in [0, 0.1) is 13.5 Å². The van der Waals surface area contributed by atoms with Gasteiger partial charge in [-0.3, -0.25) is 4.79 Å². The zero-order valence-corrected chi connectivity index (χ0v) is 11.0. The van der Waals surface area contributed by atoms with Crippen LogP contribution in [-0.2, 0) is 4.79 Å². The average Bonchev–Trinajstić information content (AvgIpc) is 2.94. The molecule has 0 radical (unpaired) electrons. The van der Waals surface area contributed by atoms with Crippen LogP contribution in [0.4, 0.5) is 0 Å². The van der Waals surface area contributed by atoms with Gasteiger partial charge in [0.25, 0.3) is 5.70 Å². The maximum atomic E-state index is 11.2. The summed E-state index contributed by atoms with van der Waals surface area (Å²) >= 11 is 3.04. The fourth-order valence-electron chi connectivity index (χ4n) is 2.14. The number of aliphatic carboxylic acids is 1. The van der Waals surface area contributed by atoms with E-state index < -0.39 is 5.97 Å². The molecule has 1 aliphatic carbocycles. The summed E-state index contributed by atoms with van der Waals surface area (Å²) in [6.07, 6.45) is 0. The van der Waals surface area contributed by atoms with Crippen LogP contribution in [0.25, 0.3) is 21.5 Å². The van der Waals surface area contributed by atoms with Crippen LogP contribution >= 0.6 is 22.7 Å². The average molecular weight is 273 g/mol. The highest BCUT2D eigenvalue weighted by Gasteiger charge is 2.31. The number of rotatable bonds is 1. The zero-order valence-electron chi connectivity index (χ0n) is 9.35. The third kappa shape index (κ3) is 1.37. The van der Waals surface area contributed by atoms with Crippen molar-refractivity contribution in [1.29, 1.82) is 0 Å². The molecule has 1 N–H and O–H groups in total. The SMILES string of the molecule is [C-]#[N+]/C(C(=O)O)=C1/c2sccc2-c2cc(C)sc21. The van der Waals surface area contributed by atoms with Gasteiger partial charge in [-0.05, 0) is 24.4 Å². The summed E-state index contributed by atoms with van der Waals surface area (Å²) in [5.74, 6) is -1.15. The van der Waals surface area contributed by atoms with E-state index in [9.17, 15) is 4.79 Å². The molecule has 2 heterocycles. The summed E-state index contributed by atoms with van der Waals surface area (Å²) in [6.45, 7) is 9.08. The minimum Gasteiger partial charge on any atom is -0.486 e. The second-order valence-electron chi connectivity index (χ2n) is 3.90. The van der Waals surface area contributed by atoms with E-state index in [0.717, 1.165) is 25.8 Å². The summed E-state index contributed by atoms with van der Waals surface area (Å²) in [6, 6.07) is 4.05. The van der Waals surface area contributed by atoms with Gasteiger partial charge in [-0.1, -0.05) is 0 Å². The quantitative estimate of drug-likeness (QED) is 0.540. The molecule has 0 fully saturated rings. The van der Waals surface area contributed by atoms with Gasteiger partial charge in [0.15, 0.2) is 0 Å². The van der Waals surface area contributed by atoms with E-state index >= 15 is 0 Å². The van der Waals surface area contributed by atoms with Crippen molar-refractivity contribution in [3.8, 4) is 11.1 Å². The molecule has 0 amide bonds. The van der Waals surface area contributed by atoms with Gasteiger partial charge in [-0.2, -0.15) is 0 Å². The number of nitrogens with zero attached hydrogens (tertiary/aromatic N) is 1. The fourth-order valence-corrected chi connectivity index (χ4v) is 4.25. The Hall–Kier alpha value is -1.90. The second-order valence-corrected chi connectivity index (χ2v) is 6.08. The number of hydrogen-bond acceptors (Lipinski definition) is 3. The van der Waals surface area contributed by atoms with Crippen LogP contribution in [0.5, 0.6) is 0 Å². The third-order valence-electron chi connectivity index (χ3n) is 2.82. The van der Waals surface area contributed by atoms with Crippen molar-refractivity contribution < 1.29 is 9.90 Å². The van der Waals surface area contributed by atoms with E-state index in [1.165, 1.54) is 11.3 Å². The first-order valence-electron chi connectivity index (χ1n) is 5.17. The predicted molar refractivity (Wildman–Crippen MR) is 72.6 cm³/mol. The standard InChI is InChI=1S/C13H7NO2S2/c1-6-5-8-7-3-4-17-11(7)9(12(8)18-6)10(14-2)13(15)16/h3-5H,1H3,(H,15,16)/b10-9-. The van der Waals surface area contributed by atoms with Crippen LogP contribution in [0.3, 0.4) is 0 Å². The smallest absolute Gasteiger partial charge is 0.334 e. The van der Waals surface area contributed by atoms with Gasteiger partial charge in [0.1, 0.15) is 0 Å². The van der Waals surface area contributed by atoms with E-state index in [0.29, 0.717) is 5.57 Å². The Kier molecular flexibility index (Phi) is 2.37. The number of carboxylic acids is 1. The molecule has 0 aromatic carbocycles. The Labute approximate surface area is 111 Å². The molecule has 3 nitrogen and oxygen atoms in total. The van der Waals surface area contributed by atoms with Crippen molar-refractivity contribution in [3.05, 3.63) is 49.3 Å². The summed E-state index contributed by atoms with van der Waals surface area (Å²) in [5.41, 5.74) is 2.53. The number of aryl methyl sites for hydroxylation is 1. The maximum absolute atomic E-state index is 11.2. The number of carbonyl (C=O) groups is 1. The van der Waals surface area contributed by atoms with Crippen molar-refractivity contribution in [2.45, 2.75) is 6.92 Å². The number of thiophene rings is 2. The molecular formula is C13H7NO2S2. The zero-order chi connectivity index (χ0) is 12.9. The van der Waals surface area contributed by atoms with Crippen LogP contribution in [0.1, 0.15) is 14.6 Å². The summed E-state index contributed by atoms with van der Waals surface area (Å²) in [5, 5.41) is 11.1. The highest BCUT2D eigenvalue weighted by atomic mass is 32.1. The molecule has 2 aromatic heterocycles. The van der Waals surface area contributed by atoms with Gasteiger partial charge in [0.05, 0.1) is 6.57 Å². The van der Waals surface area contributed by atoms with Crippen molar-refractivity contribution in [2.24, 2.45) is 0 Å². The first kappa shape index (κ1) is 11.2. The molecule has 2 aromatic rings. The van der Waals surface area contributed by atoms with Crippen LogP contribution in [0.2, 0.25) is 0 Å². The lowest BCUT2D eigenvalue weighted by molar-refractivity contribution is -0.132. The monoisotopic (exact) mass is 273 g/mol. The molecule has 3 rings (SSSR count). The highest BCUT2D eigenvalue weighted by Crippen LogP contribution is 2.51. The molecule has 18 heavy (non-hydrogen) atoms. The van der Waals surface area contributed by atoms with E-state index in [-0.39, 0.29) is 5.70 Å². The normalized spacial score (nSPS) is 14.9. The predicted octanol–water partition coefficient (Wildman–Crippen LogP) is 3.86. The molecule has 0 atom stereocenters. The Morgan fingerprint density at radius 1 is 1.39 bits per heavy atom. The minimum absolute atomic E-state index is 0.181. The molecule has 0 spiro atoms. The van der Waals surface area contributed by atoms with Crippen LogP contribution in [-0.4, -0.2) is 11.1 Å². The minimum atomic E-state index is -1.15.